The molecule has 8 heteroatoms. The van der Waals surface area contributed by atoms with Gasteiger partial charge in [0.15, 0.2) is 0 Å². The topological polar surface area (TPSA) is 58.6 Å². The highest BCUT2D eigenvalue weighted by Crippen LogP contribution is 2.31. The predicted octanol–water partition coefficient (Wildman–Crippen LogP) is 4.13. The van der Waals surface area contributed by atoms with Crippen LogP contribution >= 0.6 is 15.9 Å². The zero-order valence-electron chi connectivity index (χ0n) is 15.5. The quantitative estimate of drug-likeness (QED) is 0.590. The minimum absolute atomic E-state index is 0.146. The Kier molecular flexibility index (Phi) is 5.71. The summed E-state index contributed by atoms with van der Waals surface area (Å²) in [5.74, 6) is 0.960. The van der Waals surface area contributed by atoms with Crippen LogP contribution in [0.15, 0.2) is 65.4 Å². The SMILES string of the molecule is O=C(c1cccnc1Oc1ccc(F)cc1Br)N1CCN(c2ccccn2)CC1. The number of piperazine rings is 1. The second kappa shape index (κ2) is 8.57. The number of rotatable bonds is 4. The number of nitrogens with zero attached hydrogens (tertiary/aromatic N) is 4. The van der Waals surface area contributed by atoms with Gasteiger partial charge >= 0.3 is 0 Å². The van der Waals surface area contributed by atoms with Crippen molar-refractivity contribution in [2.75, 3.05) is 31.1 Å². The molecule has 0 unspecified atom stereocenters. The lowest BCUT2D eigenvalue weighted by Gasteiger charge is -2.35. The number of pyridine rings is 2. The molecule has 29 heavy (non-hydrogen) atoms. The Morgan fingerprint density at radius 1 is 1.00 bits per heavy atom. The van der Waals surface area contributed by atoms with Gasteiger partial charge in [-0.3, -0.25) is 4.79 Å². The molecule has 0 bridgehead atoms. The van der Waals surface area contributed by atoms with Crippen LogP contribution in [0.4, 0.5) is 10.2 Å². The molecular formula is C21H18BrFN4O2. The van der Waals surface area contributed by atoms with Gasteiger partial charge < -0.3 is 14.5 Å². The van der Waals surface area contributed by atoms with Gasteiger partial charge in [-0.25, -0.2) is 14.4 Å². The molecule has 6 nitrogen and oxygen atoms in total. The lowest BCUT2D eigenvalue weighted by Crippen LogP contribution is -2.49. The normalized spacial score (nSPS) is 14.0. The van der Waals surface area contributed by atoms with Crippen molar-refractivity contribution in [3.05, 3.63) is 76.8 Å². The number of amides is 1. The van der Waals surface area contributed by atoms with Crippen molar-refractivity contribution in [1.82, 2.24) is 14.9 Å². The van der Waals surface area contributed by atoms with E-state index in [9.17, 15) is 9.18 Å². The molecule has 3 aromatic rings. The number of hydrogen-bond donors (Lipinski definition) is 0. The molecule has 0 N–H and O–H groups in total. The fraction of sp³-hybridized carbons (Fsp3) is 0.190. The van der Waals surface area contributed by atoms with Crippen molar-refractivity contribution in [1.29, 1.82) is 0 Å². The van der Waals surface area contributed by atoms with Gasteiger partial charge in [-0.15, -0.1) is 0 Å². The molecule has 4 rings (SSSR count). The van der Waals surface area contributed by atoms with Crippen molar-refractivity contribution < 1.29 is 13.9 Å². The largest absolute Gasteiger partial charge is 0.437 e. The zero-order valence-corrected chi connectivity index (χ0v) is 17.0. The van der Waals surface area contributed by atoms with Crippen LogP contribution in [0, 0.1) is 5.82 Å². The first kappa shape index (κ1) is 19.3. The van der Waals surface area contributed by atoms with Gasteiger partial charge in [0.2, 0.25) is 5.88 Å². The first-order chi connectivity index (χ1) is 14.1. The third-order valence-electron chi connectivity index (χ3n) is 4.64. The molecule has 3 heterocycles. The third kappa shape index (κ3) is 4.37. The molecule has 0 atom stereocenters. The Labute approximate surface area is 176 Å². The van der Waals surface area contributed by atoms with Gasteiger partial charge in [-0.05, 0) is 58.4 Å². The molecule has 0 saturated carbocycles. The summed E-state index contributed by atoms with van der Waals surface area (Å²) in [5, 5.41) is 0. The van der Waals surface area contributed by atoms with Crippen LogP contribution in [0.1, 0.15) is 10.4 Å². The number of aromatic nitrogens is 2. The Bertz CT molecular complexity index is 1010. The van der Waals surface area contributed by atoms with Crippen LogP contribution in [0.5, 0.6) is 11.6 Å². The van der Waals surface area contributed by atoms with Crippen LogP contribution < -0.4 is 9.64 Å². The highest BCUT2D eigenvalue weighted by Gasteiger charge is 2.25. The van der Waals surface area contributed by atoms with E-state index in [1.54, 1.807) is 29.4 Å². The van der Waals surface area contributed by atoms with Gasteiger partial charge in [0.05, 0.1) is 4.47 Å². The van der Waals surface area contributed by atoms with Crippen molar-refractivity contribution in [3.8, 4) is 11.6 Å². The van der Waals surface area contributed by atoms with Crippen LogP contribution in [0.3, 0.4) is 0 Å². The van der Waals surface area contributed by atoms with Crippen LogP contribution in [-0.2, 0) is 0 Å². The molecule has 1 aliphatic heterocycles. The summed E-state index contributed by atoms with van der Waals surface area (Å²) in [4.78, 5) is 25.6. The summed E-state index contributed by atoms with van der Waals surface area (Å²) in [6.07, 6.45) is 3.32. The Balaban J connectivity index is 1.48. The van der Waals surface area contributed by atoms with Crippen LogP contribution in [0.2, 0.25) is 0 Å². The van der Waals surface area contributed by atoms with Gasteiger partial charge in [-0.1, -0.05) is 6.07 Å². The molecule has 2 aromatic heterocycles. The molecule has 1 aliphatic rings. The molecule has 148 valence electrons. The van der Waals surface area contributed by atoms with Crippen molar-refractivity contribution >= 4 is 27.7 Å². The predicted molar refractivity (Wildman–Crippen MR) is 111 cm³/mol. The van der Waals surface area contributed by atoms with Gasteiger partial charge in [0.25, 0.3) is 5.91 Å². The molecule has 1 fully saturated rings. The summed E-state index contributed by atoms with van der Waals surface area (Å²) in [5.41, 5.74) is 0.370. The molecule has 0 aliphatic carbocycles. The van der Waals surface area contributed by atoms with E-state index in [0.29, 0.717) is 42.0 Å². The van der Waals surface area contributed by atoms with E-state index >= 15 is 0 Å². The Hall–Kier alpha value is -3.00. The second-order valence-electron chi connectivity index (χ2n) is 6.50. The van der Waals surface area contributed by atoms with Gasteiger partial charge in [-0.2, -0.15) is 0 Å². The molecule has 1 aromatic carbocycles. The van der Waals surface area contributed by atoms with E-state index in [-0.39, 0.29) is 17.6 Å². The van der Waals surface area contributed by atoms with Crippen LogP contribution in [0.25, 0.3) is 0 Å². The first-order valence-corrected chi connectivity index (χ1v) is 9.94. The average Bonchev–Trinajstić information content (AvgIpc) is 2.76. The lowest BCUT2D eigenvalue weighted by molar-refractivity contribution is 0.0743. The zero-order chi connectivity index (χ0) is 20.2. The summed E-state index contributed by atoms with van der Waals surface area (Å²) in [7, 11) is 0. The van der Waals surface area contributed by atoms with E-state index < -0.39 is 0 Å². The number of halogens is 2. The summed E-state index contributed by atoms with van der Waals surface area (Å²) in [6.45, 7) is 2.54. The number of benzene rings is 1. The van der Waals surface area contributed by atoms with E-state index in [2.05, 4.69) is 30.8 Å². The van der Waals surface area contributed by atoms with Crippen molar-refractivity contribution in [2.45, 2.75) is 0 Å². The summed E-state index contributed by atoms with van der Waals surface area (Å²) < 4.78 is 19.6. The Morgan fingerprint density at radius 2 is 1.79 bits per heavy atom. The van der Waals surface area contributed by atoms with Gasteiger partial charge in [0.1, 0.15) is 22.9 Å². The smallest absolute Gasteiger partial charge is 0.259 e. The minimum atomic E-state index is -0.382. The van der Waals surface area contributed by atoms with E-state index in [4.69, 9.17) is 4.74 Å². The molecule has 0 radical (unpaired) electrons. The van der Waals surface area contributed by atoms with Crippen molar-refractivity contribution in [2.24, 2.45) is 0 Å². The first-order valence-electron chi connectivity index (χ1n) is 9.15. The summed E-state index contributed by atoms with van der Waals surface area (Å²) in [6, 6.07) is 13.3. The molecule has 1 saturated heterocycles. The van der Waals surface area contributed by atoms with E-state index in [1.165, 1.54) is 18.2 Å². The third-order valence-corrected chi connectivity index (χ3v) is 5.26. The molecule has 0 spiro atoms. The number of hydrogen-bond acceptors (Lipinski definition) is 5. The minimum Gasteiger partial charge on any atom is -0.437 e. The monoisotopic (exact) mass is 456 g/mol. The van der Waals surface area contributed by atoms with Crippen LogP contribution in [-0.4, -0.2) is 47.0 Å². The number of carbonyl (C=O) groups is 1. The number of anilines is 1. The highest BCUT2D eigenvalue weighted by molar-refractivity contribution is 9.10. The maximum atomic E-state index is 13.3. The van der Waals surface area contributed by atoms with Crippen molar-refractivity contribution in [3.63, 3.8) is 0 Å². The molecule has 1 amide bonds. The average molecular weight is 457 g/mol. The fourth-order valence-corrected chi connectivity index (χ4v) is 3.58. The second-order valence-corrected chi connectivity index (χ2v) is 7.35. The Morgan fingerprint density at radius 3 is 2.52 bits per heavy atom. The highest BCUT2D eigenvalue weighted by atomic mass is 79.9. The number of ether oxygens (including phenoxy) is 1. The van der Waals surface area contributed by atoms with E-state index in [1.807, 2.05) is 18.2 Å². The molecular weight excluding hydrogens is 439 g/mol. The summed E-state index contributed by atoms with van der Waals surface area (Å²) >= 11 is 3.27. The fourth-order valence-electron chi connectivity index (χ4n) is 3.15. The standard InChI is InChI=1S/C21H18BrFN4O2/c22-17-14-15(23)6-7-18(17)29-20-16(4-3-9-25-20)21(28)27-12-10-26(11-13-27)19-5-1-2-8-24-19/h1-9,14H,10-13H2. The van der Waals surface area contributed by atoms with E-state index in [0.717, 1.165) is 5.82 Å². The van der Waals surface area contributed by atoms with Gasteiger partial charge in [0, 0.05) is 38.6 Å². The maximum Gasteiger partial charge on any atom is 0.259 e. The maximum absolute atomic E-state index is 13.3. The number of carbonyl (C=O) groups excluding carboxylic acids is 1. The lowest BCUT2D eigenvalue weighted by atomic mass is 10.2.